The number of benzene rings is 1. The van der Waals surface area contributed by atoms with Gasteiger partial charge in [0, 0.05) is 12.6 Å². The lowest BCUT2D eigenvalue weighted by atomic mass is 10.2. The number of nitrogens with one attached hydrogen (secondary N) is 2. The van der Waals surface area contributed by atoms with Crippen LogP contribution in [0.1, 0.15) is 11.4 Å². The molecular formula is C14H17N3O3. The molecule has 0 bridgehead atoms. The molecule has 0 aliphatic rings. The summed E-state index contributed by atoms with van der Waals surface area (Å²) < 4.78 is 10.4. The minimum Gasteiger partial charge on any atom is -0.493 e. The molecule has 1 aromatic heterocycles. The van der Waals surface area contributed by atoms with E-state index in [1.54, 1.807) is 21.1 Å². The van der Waals surface area contributed by atoms with Crippen molar-refractivity contribution in [3.8, 4) is 11.5 Å². The highest BCUT2D eigenvalue weighted by Crippen LogP contribution is 2.27. The van der Waals surface area contributed by atoms with Crippen LogP contribution in [0.3, 0.4) is 0 Å². The summed E-state index contributed by atoms with van der Waals surface area (Å²) in [5, 5.41) is 3.10. The van der Waals surface area contributed by atoms with Crippen LogP contribution < -0.4 is 20.3 Å². The number of nitrogens with zero attached hydrogens (tertiary/aromatic N) is 1. The first-order chi connectivity index (χ1) is 9.62. The summed E-state index contributed by atoms with van der Waals surface area (Å²) in [6.07, 6.45) is 0. The lowest BCUT2D eigenvalue weighted by molar-refractivity contribution is 0.354. The van der Waals surface area contributed by atoms with E-state index in [-0.39, 0.29) is 5.56 Å². The summed E-state index contributed by atoms with van der Waals surface area (Å²) in [5.74, 6) is 2.47. The van der Waals surface area contributed by atoms with Crippen molar-refractivity contribution < 1.29 is 9.47 Å². The molecule has 6 nitrogen and oxygen atoms in total. The molecule has 0 saturated heterocycles. The maximum absolute atomic E-state index is 11.3. The van der Waals surface area contributed by atoms with Gasteiger partial charge in [0.25, 0.3) is 5.56 Å². The van der Waals surface area contributed by atoms with Crippen molar-refractivity contribution in [2.75, 3.05) is 19.5 Å². The molecule has 6 heteroatoms. The molecule has 1 aromatic carbocycles. The highest BCUT2D eigenvalue weighted by molar-refractivity contribution is 5.44. The van der Waals surface area contributed by atoms with E-state index in [4.69, 9.17) is 9.47 Å². The van der Waals surface area contributed by atoms with Gasteiger partial charge >= 0.3 is 0 Å². The Morgan fingerprint density at radius 3 is 2.60 bits per heavy atom. The van der Waals surface area contributed by atoms with E-state index in [1.165, 1.54) is 6.07 Å². The van der Waals surface area contributed by atoms with Crippen molar-refractivity contribution in [1.29, 1.82) is 0 Å². The normalized spacial score (nSPS) is 10.2. The number of aromatic nitrogens is 2. The summed E-state index contributed by atoms with van der Waals surface area (Å²) in [4.78, 5) is 18.1. The second-order valence-corrected chi connectivity index (χ2v) is 4.26. The van der Waals surface area contributed by atoms with Crippen molar-refractivity contribution in [2.45, 2.75) is 13.5 Å². The van der Waals surface area contributed by atoms with Gasteiger partial charge < -0.3 is 19.8 Å². The van der Waals surface area contributed by atoms with Gasteiger partial charge in [0.05, 0.1) is 14.2 Å². The van der Waals surface area contributed by atoms with Gasteiger partial charge in [-0.2, -0.15) is 0 Å². The van der Waals surface area contributed by atoms with Gasteiger partial charge in [-0.25, -0.2) is 4.98 Å². The van der Waals surface area contributed by atoms with Crippen molar-refractivity contribution >= 4 is 5.82 Å². The Balaban J connectivity index is 2.12. The standard InChI is InChI=1S/C14H17N3O3/c1-9-16-13(7-14(18)17-9)15-8-10-4-5-11(19-2)12(6-10)20-3/h4-7H,8H2,1-3H3,(H2,15,16,17,18). The Hall–Kier alpha value is -2.50. The fraction of sp³-hybridized carbons (Fsp3) is 0.286. The number of methoxy groups -OCH3 is 2. The van der Waals surface area contributed by atoms with E-state index in [0.717, 1.165) is 5.56 Å². The fourth-order valence-corrected chi connectivity index (χ4v) is 1.85. The molecule has 0 aliphatic carbocycles. The predicted octanol–water partition coefficient (Wildman–Crippen LogP) is 1.71. The van der Waals surface area contributed by atoms with Gasteiger partial charge in [0.2, 0.25) is 0 Å². The topological polar surface area (TPSA) is 76.2 Å². The molecule has 2 aromatic rings. The van der Waals surface area contributed by atoms with Crippen LogP contribution in [-0.4, -0.2) is 24.2 Å². The number of ether oxygens (including phenoxy) is 2. The zero-order valence-electron chi connectivity index (χ0n) is 11.7. The van der Waals surface area contributed by atoms with Gasteiger partial charge in [0.1, 0.15) is 11.6 Å². The first-order valence-corrected chi connectivity index (χ1v) is 6.15. The molecule has 20 heavy (non-hydrogen) atoms. The largest absolute Gasteiger partial charge is 0.493 e. The average Bonchev–Trinajstić information content (AvgIpc) is 2.43. The van der Waals surface area contributed by atoms with Crippen LogP contribution in [0.2, 0.25) is 0 Å². The van der Waals surface area contributed by atoms with E-state index in [1.807, 2.05) is 18.2 Å². The molecule has 0 amide bonds. The molecule has 0 saturated carbocycles. The fourth-order valence-electron chi connectivity index (χ4n) is 1.85. The van der Waals surface area contributed by atoms with Crippen molar-refractivity contribution in [2.24, 2.45) is 0 Å². The molecule has 1 heterocycles. The molecule has 2 rings (SSSR count). The van der Waals surface area contributed by atoms with Crippen LogP contribution in [0.25, 0.3) is 0 Å². The van der Waals surface area contributed by atoms with Crippen LogP contribution >= 0.6 is 0 Å². The van der Waals surface area contributed by atoms with Crippen LogP contribution in [0, 0.1) is 6.92 Å². The first-order valence-electron chi connectivity index (χ1n) is 6.15. The Morgan fingerprint density at radius 2 is 1.95 bits per heavy atom. The summed E-state index contributed by atoms with van der Waals surface area (Å²) in [5.41, 5.74) is 0.828. The molecule has 0 spiro atoms. The maximum Gasteiger partial charge on any atom is 0.252 e. The number of hydrogen-bond donors (Lipinski definition) is 2. The van der Waals surface area contributed by atoms with Crippen LogP contribution in [0.5, 0.6) is 11.5 Å². The van der Waals surface area contributed by atoms with Gasteiger partial charge in [-0.3, -0.25) is 4.79 Å². The zero-order chi connectivity index (χ0) is 14.5. The minimum absolute atomic E-state index is 0.174. The Bertz CT molecular complexity index is 652. The quantitative estimate of drug-likeness (QED) is 0.868. The Labute approximate surface area is 116 Å². The van der Waals surface area contributed by atoms with Crippen molar-refractivity contribution in [3.63, 3.8) is 0 Å². The number of rotatable bonds is 5. The van der Waals surface area contributed by atoms with Crippen molar-refractivity contribution in [1.82, 2.24) is 9.97 Å². The maximum atomic E-state index is 11.3. The smallest absolute Gasteiger partial charge is 0.252 e. The Kier molecular flexibility index (Phi) is 4.24. The molecule has 0 radical (unpaired) electrons. The number of aryl methyl sites for hydroxylation is 1. The Morgan fingerprint density at radius 1 is 1.20 bits per heavy atom. The summed E-state index contributed by atoms with van der Waals surface area (Å²) in [7, 11) is 3.19. The number of hydrogen-bond acceptors (Lipinski definition) is 5. The van der Waals surface area contributed by atoms with Crippen molar-refractivity contribution in [3.05, 3.63) is 46.0 Å². The molecular weight excluding hydrogens is 258 g/mol. The molecule has 0 unspecified atom stereocenters. The molecule has 0 atom stereocenters. The predicted molar refractivity (Wildman–Crippen MR) is 76.5 cm³/mol. The molecule has 0 fully saturated rings. The van der Waals surface area contributed by atoms with Gasteiger partial charge in [-0.1, -0.05) is 6.07 Å². The van der Waals surface area contributed by atoms with Crippen LogP contribution in [0.15, 0.2) is 29.1 Å². The first kappa shape index (κ1) is 13.9. The summed E-state index contributed by atoms with van der Waals surface area (Å²) in [6.45, 7) is 2.28. The third-order valence-corrected chi connectivity index (χ3v) is 2.78. The summed E-state index contributed by atoms with van der Waals surface area (Å²) in [6, 6.07) is 7.07. The monoisotopic (exact) mass is 275 g/mol. The SMILES string of the molecule is COc1ccc(CNc2cc(=O)[nH]c(C)n2)cc1OC. The third-order valence-electron chi connectivity index (χ3n) is 2.78. The third kappa shape index (κ3) is 3.28. The lowest BCUT2D eigenvalue weighted by Gasteiger charge is -2.10. The van der Waals surface area contributed by atoms with E-state index in [0.29, 0.717) is 29.7 Å². The minimum atomic E-state index is -0.174. The summed E-state index contributed by atoms with van der Waals surface area (Å²) >= 11 is 0. The second kappa shape index (κ2) is 6.10. The lowest BCUT2D eigenvalue weighted by Crippen LogP contribution is -2.11. The number of H-pyrrole nitrogens is 1. The number of aromatic amines is 1. The van der Waals surface area contributed by atoms with Crippen LogP contribution in [0.4, 0.5) is 5.82 Å². The highest BCUT2D eigenvalue weighted by atomic mass is 16.5. The van der Waals surface area contributed by atoms with E-state index < -0.39 is 0 Å². The zero-order valence-corrected chi connectivity index (χ0v) is 11.7. The highest BCUT2D eigenvalue weighted by Gasteiger charge is 2.05. The molecule has 2 N–H and O–H groups in total. The average molecular weight is 275 g/mol. The van der Waals surface area contributed by atoms with Crippen LogP contribution in [-0.2, 0) is 6.54 Å². The second-order valence-electron chi connectivity index (χ2n) is 4.26. The van der Waals surface area contributed by atoms with Gasteiger partial charge in [-0.05, 0) is 24.6 Å². The molecule has 106 valence electrons. The number of anilines is 1. The van der Waals surface area contributed by atoms with Gasteiger partial charge in [-0.15, -0.1) is 0 Å². The molecule has 0 aliphatic heterocycles. The van der Waals surface area contributed by atoms with E-state index >= 15 is 0 Å². The van der Waals surface area contributed by atoms with E-state index in [2.05, 4.69) is 15.3 Å². The van der Waals surface area contributed by atoms with E-state index in [9.17, 15) is 4.79 Å². The van der Waals surface area contributed by atoms with Gasteiger partial charge in [0.15, 0.2) is 11.5 Å².